The third-order valence-electron chi connectivity index (χ3n) is 3.29. The van der Waals surface area contributed by atoms with Crippen LogP contribution >= 0.6 is 11.8 Å². The van der Waals surface area contributed by atoms with Gasteiger partial charge in [0.1, 0.15) is 6.04 Å². The highest BCUT2D eigenvalue weighted by molar-refractivity contribution is 7.98. The van der Waals surface area contributed by atoms with Gasteiger partial charge in [0, 0.05) is 11.8 Å². The van der Waals surface area contributed by atoms with Crippen LogP contribution in [0.15, 0.2) is 0 Å². The number of amides is 2. The fraction of sp³-hybridized carbons (Fsp3) is 0.846. The minimum Gasteiger partial charge on any atom is -0.342 e. The van der Waals surface area contributed by atoms with Crippen LogP contribution in [0, 0.1) is 5.41 Å². The van der Waals surface area contributed by atoms with Crippen molar-refractivity contribution in [2.24, 2.45) is 5.41 Å². The van der Waals surface area contributed by atoms with Crippen LogP contribution in [0.2, 0.25) is 0 Å². The number of thioether (sulfide) groups is 1. The minimum atomic E-state index is -0.408. The monoisotopic (exact) mass is 272 g/mol. The van der Waals surface area contributed by atoms with E-state index in [1.165, 1.54) is 0 Å². The summed E-state index contributed by atoms with van der Waals surface area (Å²) in [6.45, 7) is 8.20. The molecule has 0 saturated carbocycles. The van der Waals surface area contributed by atoms with Gasteiger partial charge in [0.25, 0.3) is 0 Å². The molecule has 2 atom stereocenters. The number of rotatable bonds is 4. The first kappa shape index (κ1) is 15.3. The number of piperazine rings is 1. The van der Waals surface area contributed by atoms with Gasteiger partial charge in [-0.05, 0) is 18.1 Å². The van der Waals surface area contributed by atoms with Crippen molar-refractivity contribution in [3.8, 4) is 0 Å². The van der Waals surface area contributed by atoms with Crippen LogP contribution in [0.3, 0.4) is 0 Å². The van der Waals surface area contributed by atoms with Crippen LogP contribution in [0.1, 0.15) is 34.1 Å². The maximum atomic E-state index is 12.5. The largest absolute Gasteiger partial charge is 0.342 e. The van der Waals surface area contributed by atoms with E-state index in [0.717, 1.165) is 12.2 Å². The molecule has 0 aromatic heterocycles. The summed E-state index contributed by atoms with van der Waals surface area (Å²) in [4.78, 5) is 26.0. The average Bonchev–Trinajstić information content (AvgIpc) is 2.27. The molecule has 2 unspecified atom stereocenters. The van der Waals surface area contributed by atoms with Crippen molar-refractivity contribution in [1.82, 2.24) is 10.2 Å². The molecule has 1 aliphatic rings. The summed E-state index contributed by atoms with van der Waals surface area (Å²) in [5.74, 6) is 0.893. The number of nitrogens with zero attached hydrogens (tertiary/aromatic N) is 1. The average molecular weight is 272 g/mol. The van der Waals surface area contributed by atoms with Crippen LogP contribution in [0.4, 0.5) is 0 Å². The van der Waals surface area contributed by atoms with Crippen LogP contribution in [-0.4, -0.2) is 47.4 Å². The van der Waals surface area contributed by atoms with E-state index in [0.29, 0.717) is 0 Å². The van der Waals surface area contributed by atoms with Gasteiger partial charge in [-0.3, -0.25) is 9.59 Å². The Kier molecular flexibility index (Phi) is 5.08. The zero-order valence-corrected chi connectivity index (χ0v) is 12.8. The highest BCUT2D eigenvalue weighted by Gasteiger charge is 2.41. The number of nitrogens with one attached hydrogen (secondary N) is 1. The molecule has 1 fully saturated rings. The molecule has 1 saturated heterocycles. The third kappa shape index (κ3) is 3.40. The van der Waals surface area contributed by atoms with Crippen LogP contribution < -0.4 is 5.32 Å². The molecule has 5 heteroatoms. The minimum absolute atomic E-state index is 0.0471. The molecule has 0 radical (unpaired) electrons. The van der Waals surface area contributed by atoms with E-state index in [9.17, 15) is 9.59 Å². The Morgan fingerprint density at radius 1 is 1.44 bits per heavy atom. The molecule has 1 aliphatic heterocycles. The predicted molar refractivity (Wildman–Crippen MR) is 75.6 cm³/mol. The number of carbonyl (C=O) groups is 2. The molecule has 18 heavy (non-hydrogen) atoms. The molecule has 104 valence electrons. The fourth-order valence-electron chi connectivity index (χ4n) is 2.18. The highest BCUT2D eigenvalue weighted by atomic mass is 32.2. The van der Waals surface area contributed by atoms with E-state index in [1.54, 1.807) is 16.7 Å². The van der Waals surface area contributed by atoms with E-state index in [2.05, 4.69) is 12.2 Å². The molecule has 1 rings (SSSR count). The van der Waals surface area contributed by atoms with Crippen LogP contribution in [0.25, 0.3) is 0 Å². The summed E-state index contributed by atoms with van der Waals surface area (Å²) < 4.78 is 0. The molecule has 4 nitrogen and oxygen atoms in total. The van der Waals surface area contributed by atoms with Gasteiger partial charge in [0.15, 0.2) is 0 Å². The van der Waals surface area contributed by atoms with E-state index in [1.807, 2.05) is 27.0 Å². The fourth-order valence-corrected chi connectivity index (χ4v) is 2.98. The summed E-state index contributed by atoms with van der Waals surface area (Å²) in [6, 6.07) is -0.252. The standard InChI is InChI=1S/C13H24N2O2S/c1-6-9(8-18-5)15-7-10(16)14-11(12(15)17)13(2,3)4/h9,11H,6-8H2,1-5H3,(H,14,16). The van der Waals surface area contributed by atoms with Gasteiger partial charge in [-0.2, -0.15) is 11.8 Å². The van der Waals surface area contributed by atoms with Gasteiger partial charge in [-0.15, -0.1) is 0 Å². The molecule has 0 bridgehead atoms. The first-order chi connectivity index (χ1) is 8.31. The zero-order chi connectivity index (χ0) is 13.9. The maximum absolute atomic E-state index is 12.5. The Bertz CT molecular complexity index is 325. The molecule has 0 aliphatic carbocycles. The van der Waals surface area contributed by atoms with Crippen molar-refractivity contribution < 1.29 is 9.59 Å². The Balaban J connectivity index is 2.91. The lowest BCUT2D eigenvalue weighted by molar-refractivity contribution is -0.149. The topological polar surface area (TPSA) is 49.4 Å². The Morgan fingerprint density at radius 2 is 2.06 bits per heavy atom. The van der Waals surface area contributed by atoms with Gasteiger partial charge in [0.05, 0.1) is 6.54 Å². The van der Waals surface area contributed by atoms with Crippen molar-refractivity contribution in [2.45, 2.75) is 46.2 Å². The molecular formula is C13H24N2O2S. The summed E-state index contributed by atoms with van der Waals surface area (Å²) >= 11 is 1.71. The lowest BCUT2D eigenvalue weighted by atomic mass is 9.84. The van der Waals surface area contributed by atoms with Crippen LogP contribution in [-0.2, 0) is 9.59 Å². The second-order valence-corrected chi connectivity index (χ2v) is 6.76. The van der Waals surface area contributed by atoms with E-state index in [-0.39, 0.29) is 29.8 Å². The second-order valence-electron chi connectivity index (χ2n) is 5.85. The molecule has 1 heterocycles. The molecular weight excluding hydrogens is 248 g/mol. The summed E-state index contributed by atoms with van der Waals surface area (Å²) in [7, 11) is 0. The van der Waals surface area contributed by atoms with Crippen molar-refractivity contribution >= 4 is 23.6 Å². The van der Waals surface area contributed by atoms with Gasteiger partial charge in [-0.25, -0.2) is 0 Å². The summed E-state index contributed by atoms with van der Waals surface area (Å²) in [5, 5.41) is 2.82. The molecule has 0 aromatic rings. The lowest BCUT2D eigenvalue weighted by Gasteiger charge is -2.42. The Morgan fingerprint density at radius 3 is 2.50 bits per heavy atom. The maximum Gasteiger partial charge on any atom is 0.246 e. The Hall–Kier alpha value is -0.710. The number of carbonyl (C=O) groups excluding carboxylic acids is 2. The summed E-state index contributed by atoms with van der Waals surface area (Å²) in [6.07, 6.45) is 2.91. The predicted octanol–water partition coefficient (Wildman–Crippen LogP) is 1.50. The number of hydrogen-bond donors (Lipinski definition) is 1. The molecule has 2 amide bonds. The highest BCUT2D eigenvalue weighted by Crippen LogP contribution is 2.25. The first-order valence-electron chi connectivity index (χ1n) is 6.40. The number of hydrogen-bond acceptors (Lipinski definition) is 3. The van der Waals surface area contributed by atoms with Crippen LogP contribution in [0.5, 0.6) is 0 Å². The zero-order valence-electron chi connectivity index (χ0n) is 11.9. The quantitative estimate of drug-likeness (QED) is 0.844. The van der Waals surface area contributed by atoms with Gasteiger partial charge >= 0.3 is 0 Å². The second kappa shape index (κ2) is 5.95. The van der Waals surface area contributed by atoms with Gasteiger partial charge in [-0.1, -0.05) is 27.7 Å². The summed E-state index contributed by atoms with van der Waals surface area (Å²) in [5.41, 5.74) is -0.247. The lowest BCUT2D eigenvalue weighted by Crippen LogP contribution is -2.64. The molecule has 0 spiro atoms. The van der Waals surface area contributed by atoms with Crippen molar-refractivity contribution in [1.29, 1.82) is 0 Å². The molecule has 1 N–H and O–H groups in total. The molecule has 0 aromatic carbocycles. The SMILES string of the molecule is CCC(CSC)N1CC(=O)NC(C(C)(C)C)C1=O. The normalized spacial score (nSPS) is 22.9. The van der Waals surface area contributed by atoms with E-state index >= 15 is 0 Å². The van der Waals surface area contributed by atoms with Gasteiger partial charge in [0.2, 0.25) is 11.8 Å². The smallest absolute Gasteiger partial charge is 0.246 e. The van der Waals surface area contributed by atoms with Crippen molar-refractivity contribution in [3.63, 3.8) is 0 Å². The van der Waals surface area contributed by atoms with E-state index < -0.39 is 6.04 Å². The first-order valence-corrected chi connectivity index (χ1v) is 7.79. The van der Waals surface area contributed by atoms with Crippen molar-refractivity contribution in [2.75, 3.05) is 18.6 Å². The van der Waals surface area contributed by atoms with E-state index in [4.69, 9.17) is 0 Å². The van der Waals surface area contributed by atoms with Crippen molar-refractivity contribution in [3.05, 3.63) is 0 Å². The Labute approximate surface area is 114 Å². The third-order valence-corrected chi connectivity index (χ3v) is 4.00. The van der Waals surface area contributed by atoms with Gasteiger partial charge < -0.3 is 10.2 Å².